The molecule has 0 bridgehead atoms. The Labute approximate surface area is 172 Å². The molecule has 0 aliphatic carbocycles. The Kier molecular flexibility index (Phi) is 6.69. The van der Waals surface area contributed by atoms with Gasteiger partial charge in [-0.3, -0.25) is 14.6 Å². The lowest BCUT2D eigenvalue weighted by atomic mass is 10.2. The van der Waals surface area contributed by atoms with Gasteiger partial charge in [-0.05, 0) is 24.1 Å². The van der Waals surface area contributed by atoms with E-state index in [0.29, 0.717) is 6.54 Å². The predicted octanol–water partition coefficient (Wildman–Crippen LogP) is 1.33. The molecule has 2 aliphatic heterocycles. The number of amides is 1. The van der Waals surface area contributed by atoms with Crippen molar-refractivity contribution in [2.24, 2.45) is 0 Å². The molecule has 154 valence electrons. The minimum Gasteiger partial charge on any atom is -0.354 e. The standard InChI is InChI=1S/C22H30N6O/c29-22(28-16-13-26(14-17-28)18-20-6-2-1-3-7-20)19-25-10-5-11-27(15-12-25)21-8-4-9-23-24-21/h1-4,6-9H,5,10-19H2. The van der Waals surface area contributed by atoms with Crippen LogP contribution in [0.2, 0.25) is 0 Å². The molecule has 0 atom stereocenters. The molecule has 2 aliphatic rings. The van der Waals surface area contributed by atoms with Gasteiger partial charge in [-0.1, -0.05) is 30.3 Å². The Balaban J connectivity index is 1.22. The molecule has 7 nitrogen and oxygen atoms in total. The van der Waals surface area contributed by atoms with Crippen molar-refractivity contribution in [1.29, 1.82) is 0 Å². The molecule has 0 unspecified atom stereocenters. The van der Waals surface area contributed by atoms with Crippen LogP contribution in [-0.2, 0) is 11.3 Å². The van der Waals surface area contributed by atoms with E-state index in [9.17, 15) is 4.79 Å². The third-order valence-electron chi connectivity index (χ3n) is 5.80. The summed E-state index contributed by atoms with van der Waals surface area (Å²) < 4.78 is 0. The number of rotatable bonds is 5. The van der Waals surface area contributed by atoms with Crippen LogP contribution in [0.5, 0.6) is 0 Å². The maximum Gasteiger partial charge on any atom is 0.236 e. The van der Waals surface area contributed by atoms with E-state index >= 15 is 0 Å². The molecule has 0 radical (unpaired) electrons. The molecule has 4 rings (SSSR count). The lowest BCUT2D eigenvalue weighted by Crippen LogP contribution is -2.51. The highest BCUT2D eigenvalue weighted by molar-refractivity contribution is 5.78. The van der Waals surface area contributed by atoms with E-state index < -0.39 is 0 Å². The molecule has 0 spiro atoms. The second kappa shape index (κ2) is 9.80. The molecular weight excluding hydrogens is 364 g/mol. The summed E-state index contributed by atoms with van der Waals surface area (Å²) in [7, 11) is 0. The monoisotopic (exact) mass is 394 g/mol. The summed E-state index contributed by atoms with van der Waals surface area (Å²) >= 11 is 0. The number of anilines is 1. The normalized spacial score (nSPS) is 19.2. The zero-order chi connectivity index (χ0) is 19.9. The lowest BCUT2D eigenvalue weighted by Gasteiger charge is -2.35. The van der Waals surface area contributed by atoms with Crippen LogP contribution in [0.1, 0.15) is 12.0 Å². The SMILES string of the molecule is O=C(CN1CCCN(c2cccnn2)CC1)N1CCN(Cc2ccccc2)CC1. The highest BCUT2D eigenvalue weighted by Gasteiger charge is 2.24. The largest absolute Gasteiger partial charge is 0.354 e. The van der Waals surface area contributed by atoms with Crippen molar-refractivity contribution in [2.45, 2.75) is 13.0 Å². The van der Waals surface area contributed by atoms with Crippen molar-refractivity contribution in [3.63, 3.8) is 0 Å². The van der Waals surface area contributed by atoms with Crippen LogP contribution in [0.25, 0.3) is 0 Å². The van der Waals surface area contributed by atoms with Crippen molar-refractivity contribution in [3.8, 4) is 0 Å². The van der Waals surface area contributed by atoms with Gasteiger partial charge in [-0.2, -0.15) is 5.10 Å². The molecule has 1 amide bonds. The zero-order valence-corrected chi connectivity index (χ0v) is 17.0. The number of carbonyl (C=O) groups excluding carboxylic acids is 1. The summed E-state index contributed by atoms with van der Waals surface area (Å²) in [5, 5.41) is 8.20. The Morgan fingerprint density at radius 1 is 0.828 bits per heavy atom. The minimum absolute atomic E-state index is 0.261. The van der Waals surface area contributed by atoms with Gasteiger partial charge in [-0.25, -0.2) is 0 Å². The minimum atomic E-state index is 0.261. The second-order valence-corrected chi connectivity index (χ2v) is 7.84. The quantitative estimate of drug-likeness (QED) is 0.763. The van der Waals surface area contributed by atoms with Gasteiger partial charge in [0.05, 0.1) is 6.54 Å². The zero-order valence-electron chi connectivity index (χ0n) is 17.0. The van der Waals surface area contributed by atoms with Crippen LogP contribution in [0, 0.1) is 0 Å². The van der Waals surface area contributed by atoms with Gasteiger partial charge < -0.3 is 9.80 Å². The van der Waals surface area contributed by atoms with Crippen molar-refractivity contribution in [2.75, 3.05) is 63.8 Å². The number of benzene rings is 1. The van der Waals surface area contributed by atoms with Crippen molar-refractivity contribution < 1.29 is 4.79 Å². The number of hydrogen-bond acceptors (Lipinski definition) is 6. The van der Waals surface area contributed by atoms with Gasteiger partial charge in [0.2, 0.25) is 5.91 Å². The Morgan fingerprint density at radius 2 is 1.62 bits per heavy atom. The molecule has 1 aromatic heterocycles. The smallest absolute Gasteiger partial charge is 0.236 e. The van der Waals surface area contributed by atoms with E-state index in [1.807, 2.05) is 17.0 Å². The van der Waals surface area contributed by atoms with Gasteiger partial charge in [0.1, 0.15) is 0 Å². The molecule has 3 heterocycles. The maximum atomic E-state index is 12.8. The first kappa shape index (κ1) is 19.8. The van der Waals surface area contributed by atoms with E-state index in [0.717, 1.165) is 71.1 Å². The van der Waals surface area contributed by atoms with Gasteiger partial charge in [0.25, 0.3) is 0 Å². The first-order valence-electron chi connectivity index (χ1n) is 10.6. The van der Waals surface area contributed by atoms with E-state index in [2.05, 4.69) is 55.2 Å². The number of nitrogens with zero attached hydrogens (tertiary/aromatic N) is 6. The highest BCUT2D eigenvalue weighted by atomic mass is 16.2. The van der Waals surface area contributed by atoms with E-state index in [-0.39, 0.29) is 5.91 Å². The topological polar surface area (TPSA) is 55.8 Å². The summed E-state index contributed by atoms with van der Waals surface area (Å²) in [5.41, 5.74) is 1.34. The summed E-state index contributed by atoms with van der Waals surface area (Å²) in [6, 6.07) is 14.5. The molecule has 0 N–H and O–H groups in total. The lowest BCUT2D eigenvalue weighted by molar-refractivity contribution is -0.134. The summed E-state index contributed by atoms with van der Waals surface area (Å²) in [6.45, 7) is 8.71. The van der Waals surface area contributed by atoms with Gasteiger partial charge in [0.15, 0.2) is 5.82 Å². The summed E-state index contributed by atoms with van der Waals surface area (Å²) in [4.78, 5) is 21.8. The number of carbonyl (C=O) groups is 1. The third kappa shape index (κ3) is 5.52. The number of piperazine rings is 1. The fraction of sp³-hybridized carbons (Fsp3) is 0.500. The van der Waals surface area contributed by atoms with Crippen molar-refractivity contribution >= 4 is 11.7 Å². The number of aromatic nitrogens is 2. The Morgan fingerprint density at radius 3 is 2.38 bits per heavy atom. The molecular formula is C22H30N6O. The molecule has 7 heteroatoms. The molecule has 29 heavy (non-hydrogen) atoms. The van der Waals surface area contributed by atoms with Crippen LogP contribution in [-0.4, -0.2) is 89.7 Å². The van der Waals surface area contributed by atoms with E-state index in [1.165, 1.54) is 5.56 Å². The van der Waals surface area contributed by atoms with E-state index in [1.54, 1.807) is 6.20 Å². The molecule has 2 fully saturated rings. The van der Waals surface area contributed by atoms with Crippen LogP contribution >= 0.6 is 0 Å². The molecule has 2 saturated heterocycles. The van der Waals surface area contributed by atoms with Crippen molar-refractivity contribution in [3.05, 3.63) is 54.2 Å². The van der Waals surface area contributed by atoms with Gasteiger partial charge in [0, 0.05) is 65.1 Å². The third-order valence-corrected chi connectivity index (χ3v) is 5.80. The summed E-state index contributed by atoms with van der Waals surface area (Å²) in [6.07, 6.45) is 2.74. The van der Waals surface area contributed by atoms with E-state index in [4.69, 9.17) is 0 Å². The van der Waals surface area contributed by atoms with Crippen molar-refractivity contribution in [1.82, 2.24) is 24.9 Å². The summed E-state index contributed by atoms with van der Waals surface area (Å²) in [5.74, 6) is 1.19. The number of hydrogen-bond donors (Lipinski definition) is 0. The molecule has 1 aromatic carbocycles. The van der Waals surface area contributed by atoms with Crippen LogP contribution < -0.4 is 4.90 Å². The highest BCUT2D eigenvalue weighted by Crippen LogP contribution is 2.13. The van der Waals surface area contributed by atoms with Gasteiger partial charge >= 0.3 is 0 Å². The maximum absolute atomic E-state index is 12.8. The molecule has 0 saturated carbocycles. The second-order valence-electron chi connectivity index (χ2n) is 7.84. The Hall–Kier alpha value is -2.51. The Bertz CT molecular complexity index is 763. The van der Waals surface area contributed by atoms with Crippen LogP contribution in [0.15, 0.2) is 48.7 Å². The average Bonchev–Trinajstić information content (AvgIpc) is 3.01. The average molecular weight is 395 g/mol. The van der Waals surface area contributed by atoms with Crippen LogP contribution in [0.4, 0.5) is 5.82 Å². The molecule has 2 aromatic rings. The van der Waals surface area contributed by atoms with Gasteiger partial charge in [-0.15, -0.1) is 5.10 Å². The first-order chi connectivity index (χ1) is 14.3. The fourth-order valence-electron chi connectivity index (χ4n) is 4.11. The fourth-order valence-corrected chi connectivity index (χ4v) is 4.11. The first-order valence-corrected chi connectivity index (χ1v) is 10.6. The predicted molar refractivity (Wildman–Crippen MR) is 114 cm³/mol. The van der Waals surface area contributed by atoms with Crippen LogP contribution in [0.3, 0.4) is 0 Å².